The Labute approximate surface area is 253 Å². The van der Waals surface area contributed by atoms with Gasteiger partial charge in [0.15, 0.2) is 0 Å². The molecule has 9 nitrogen and oxygen atoms in total. The molecular weight excluding hydrogens is 538 g/mol. The summed E-state index contributed by atoms with van der Waals surface area (Å²) in [6.45, 7) is 13.1. The van der Waals surface area contributed by atoms with Crippen LogP contribution in [0.1, 0.15) is 42.5 Å². The zero-order valence-electron chi connectivity index (χ0n) is 25.9. The summed E-state index contributed by atoms with van der Waals surface area (Å²) in [5, 5.41) is 4.23. The Hall–Kier alpha value is -4.24. The fraction of sp³-hybridized carbons (Fsp3) is 0.412. The average Bonchev–Trinajstić information content (AvgIpc) is 2.99. The highest BCUT2D eigenvalue weighted by Gasteiger charge is 2.28. The van der Waals surface area contributed by atoms with Crippen molar-refractivity contribution in [3.63, 3.8) is 0 Å². The molecule has 0 radical (unpaired) electrons. The number of nitrogens with zero attached hydrogens (tertiary/aromatic N) is 6. The van der Waals surface area contributed by atoms with E-state index in [1.165, 1.54) is 11.3 Å². The number of likely N-dealkylation sites (tertiary alicyclic amines) is 1. The van der Waals surface area contributed by atoms with Crippen molar-refractivity contribution < 1.29 is 4.79 Å². The molecule has 2 aliphatic rings. The van der Waals surface area contributed by atoms with E-state index in [0.717, 1.165) is 66.8 Å². The van der Waals surface area contributed by atoms with Crippen molar-refractivity contribution in [2.45, 2.75) is 46.6 Å². The van der Waals surface area contributed by atoms with E-state index in [-0.39, 0.29) is 17.5 Å². The third kappa shape index (κ3) is 5.61. The molecule has 1 amide bonds. The Morgan fingerprint density at radius 2 is 1.74 bits per heavy atom. The first-order chi connectivity index (χ1) is 20.7. The molecule has 224 valence electrons. The number of rotatable bonds is 5. The lowest BCUT2D eigenvalue weighted by Gasteiger charge is -2.35. The van der Waals surface area contributed by atoms with Gasteiger partial charge in [0.25, 0.3) is 5.56 Å². The molecule has 2 aliphatic heterocycles. The molecule has 0 saturated carbocycles. The maximum Gasteiger partial charge on any atom is 0.260 e. The van der Waals surface area contributed by atoms with Gasteiger partial charge in [0.05, 0.1) is 11.6 Å². The Morgan fingerprint density at radius 3 is 2.47 bits per heavy atom. The fourth-order valence-electron chi connectivity index (χ4n) is 6.62. The van der Waals surface area contributed by atoms with E-state index in [1.54, 1.807) is 6.92 Å². The van der Waals surface area contributed by atoms with Gasteiger partial charge in [-0.05, 0) is 81.1 Å². The predicted octanol–water partition coefficient (Wildman–Crippen LogP) is 5.06. The largest absolute Gasteiger partial charge is 0.369 e. The Bertz CT molecular complexity index is 1740. The number of carbonyl (C=O) groups excluding carboxylic acids is 1. The van der Waals surface area contributed by atoms with Crippen molar-refractivity contribution in [1.29, 1.82) is 0 Å². The molecule has 2 aromatic carbocycles. The lowest BCUT2D eigenvalue weighted by atomic mass is 9.95. The molecule has 43 heavy (non-hydrogen) atoms. The van der Waals surface area contributed by atoms with E-state index in [9.17, 15) is 9.59 Å². The number of likely N-dealkylation sites (N-methyl/N-ethyl adjacent to an activating group) is 1. The molecule has 4 aromatic rings. The molecule has 0 spiro atoms. The number of benzene rings is 2. The van der Waals surface area contributed by atoms with Crippen molar-refractivity contribution in [3.8, 4) is 11.1 Å². The molecule has 0 unspecified atom stereocenters. The van der Waals surface area contributed by atoms with Gasteiger partial charge in [0.1, 0.15) is 5.65 Å². The molecule has 1 N–H and O–H groups in total. The molecular formula is C34H41N7O2. The van der Waals surface area contributed by atoms with Crippen LogP contribution in [-0.4, -0.2) is 76.6 Å². The monoisotopic (exact) mass is 579 g/mol. The molecule has 4 heterocycles. The van der Waals surface area contributed by atoms with Crippen LogP contribution in [0.3, 0.4) is 0 Å². The van der Waals surface area contributed by atoms with Crippen LogP contribution in [0.2, 0.25) is 0 Å². The number of piperazine rings is 1. The van der Waals surface area contributed by atoms with Crippen molar-refractivity contribution in [2.75, 3.05) is 56.5 Å². The first-order valence-electron chi connectivity index (χ1n) is 15.3. The quantitative estimate of drug-likeness (QED) is 0.354. The number of pyridine rings is 1. The lowest BCUT2D eigenvalue weighted by Crippen LogP contribution is -2.44. The second-order valence-electron chi connectivity index (χ2n) is 12.1. The minimum atomic E-state index is -0.177. The standard InChI is InChI=1S/C34H41N7O2/c1-22-9-6-7-11-28(22)31-24(3)29-20-35-34(36-26-12-13-30(23(2)19-26)39-17-15-38(5)16-18-39)37-32(29)41(33(31)43)27-10-8-14-40(21-27)25(4)42/h6-7,9,11-13,19-20,27H,8,10,14-18,21H2,1-5H3,(H,35,36,37)/t27-/m0/s1. The zero-order valence-corrected chi connectivity index (χ0v) is 25.9. The highest BCUT2D eigenvalue weighted by Crippen LogP contribution is 2.32. The van der Waals surface area contributed by atoms with E-state index in [0.29, 0.717) is 30.2 Å². The third-order valence-electron chi connectivity index (χ3n) is 9.13. The molecule has 9 heteroatoms. The van der Waals surface area contributed by atoms with E-state index < -0.39 is 0 Å². The summed E-state index contributed by atoms with van der Waals surface area (Å²) in [5.41, 5.74) is 7.35. The number of fused-ring (bicyclic) bond motifs is 1. The van der Waals surface area contributed by atoms with E-state index in [1.807, 2.05) is 53.8 Å². The molecule has 6 rings (SSSR count). The number of nitrogens with one attached hydrogen (secondary N) is 1. The van der Waals surface area contributed by atoms with Crippen molar-refractivity contribution >= 4 is 34.3 Å². The normalized spacial score (nSPS) is 17.8. The maximum absolute atomic E-state index is 14.4. The summed E-state index contributed by atoms with van der Waals surface area (Å²) >= 11 is 0. The van der Waals surface area contributed by atoms with Gasteiger partial charge in [-0.1, -0.05) is 24.3 Å². The first-order valence-corrected chi connectivity index (χ1v) is 15.3. The van der Waals surface area contributed by atoms with Crippen LogP contribution in [0.15, 0.2) is 53.5 Å². The Balaban J connectivity index is 1.42. The smallest absolute Gasteiger partial charge is 0.260 e. The number of piperidine rings is 1. The van der Waals surface area contributed by atoms with Gasteiger partial charge < -0.3 is 20.0 Å². The number of anilines is 3. The number of amides is 1. The third-order valence-corrected chi connectivity index (χ3v) is 9.13. The van der Waals surface area contributed by atoms with Gasteiger partial charge in [0.2, 0.25) is 11.9 Å². The van der Waals surface area contributed by atoms with Gasteiger partial charge in [-0.2, -0.15) is 4.98 Å². The van der Waals surface area contributed by atoms with Crippen molar-refractivity contribution in [3.05, 3.63) is 75.7 Å². The van der Waals surface area contributed by atoms with Gasteiger partial charge in [-0.25, -0.2) is 4.98 Å². The second-order valence-corrected chi connectivity index (χ2v) is 12.1. The van der Waals surface area contributed by atoms with Crippen LogP contribution in [0.4, 0.5) is 17.3 Å². The highest BCUT2D eigenvalue weighted by atomic mass is 16.2. The van der Waals surface area contributed by atoms with Gasteiger partial charge in [-0.3, -0.25) is 14.2 Å². The minimum absolute atomic E-state index is 0.0284. The van der Waals surface area contributed by atoms with Gasteiger partial charge in [-0.15, -0.1) is 0 Å². The molecule has 1 atom stereocenters. The average molecular weight is 580 g/mol. The SMILES string of the molecule is CC(=O)N1CCC[C@H](n2c(=O)c(-c3ccccc3C)c(C)c3cnc(Nc4ccc(N5CCN(C)CC5)c(C)c4)nc32)C1. The number of aryl methyl sites for hydroxylation is 3. The first kappa shape index (κ1) is 28.9. The Kier molecular flexibility index (Phi) is 7.92. The summed E-state index contributed by atoms with van der Waals surface area (Å²) in [7, 11) is 2.17. The fourth-order valence-corrected chi connectivity index (χ4v) is 6.62. The lowest BCUT2D eigenvalue weighted by molar-refractivity contribution is -0.130. The minimum Gasteiger partial charge on any atom is -0.369 e. The number of aromatic nitrogens is 3. The van der Waals surface area contributed by atoms with Crippen LogP contribution >= 0.6 is 0 Å². The van der Waals surface area contributed by atoms with E-state index in [4.69, 9.17) is 9.97 Å². The number of hydrogen-bond donors (Lipinski definition) is 1. The summed E-state index contributed by atoms with van der Waals surface area (Å²) in [6, 6.07) is 14.2. The van der Waals surface area contributed by atoms with Crippen molar-refractivity contribution in [1.82, 2.24) is 24.3 Å². The zero-order chi connectivity index (χ0) is 30.2. The molecule has 2 fully saturated rings. The molecule has 2 aromatic heterocycles. The molecule has 2 saturated heterocycles. The highest BCUT2D eigenvalue weighted by molar-refractivity contribution is 5.87. The molecule has 0 bridgehead atoms. The van der Waals surface area contributed by atoms with Crippen LogP contribution in [0.5, 0.6) is 0 Å². The van der Waals surface area contributed by atoms with Crippen molar-refractivity contribution in [2.24, 2.45) is 0 Å². The molecule has 0 aliphatic carbocycles. The topological polar surface area (TPSA) is 86.6 Å². The van der Waals surface area contributed by atoms with Crippen LogP contribution in [-0.2, 0) is 4.79 Å². The summed E-state index contributed by atoms with van der Waals surface area (Å²) in [4.78, 5) is 43.1. The summed E-state index contributed by atoms with van der Waals surface area (Å²) in [6.07, 6.45) is 3.46. The van der Waals surface area contributed by atoms with E-state index in [2.05, 4.69) is 47.3 Å². The van der Waals surface area contributed by atoms with Crippen LogP contribution in [0, 0.1) is 20.8 Å². The Morgan fingerprint density at radius 1 is 0.977 bits per heavy atom. The van der Waals surface area contributed by atoms with Gasteiger partial charge >= 0.3 is 0 Å². The summed E-state index contributed by atoms with van der Waals surface area (Å²) < 4.78 is 1.83. The predicted molar refractivity (Wildman–Crippen MR) is 173 cm³/mol. The number of carbonyl (C=O) groups is 1. The van der Waals surface area contributed by atoms with Crippen LogP contribution < -0.4 is 15.8 Å². The maximum atomic E-state index is 14.4. The van der Waals surface area contributed by atoms with Crippen LogP contribution in [0.25, 0.3) is 22.2 Å². The number of hydrogen-bond acceptors (Lipinski definition) is 7. The second kappa shape index (κ2) is 11.8. The summed E-state index contributed by atoms with van der Waals surface area (Å²) in [5.74, 6) is 0.468. The van der Waals surface area contributed by atoms with Gasteiger partial charge in [0, 0.05) is 69.2 Å². The van der Waals surface area contributed by atoms with E-state index >= 15 is 0 Å².